The minimum Gasteiger partial charge on any atom is -0.0895 e. The van der Waals surface area contributed by atoms with E-state index in [-0.39, 0.29) is 0 Å². The summed E-state index contributed by atoms with van der Waals surface area (Å²) in [6, 6.07) is 6.38. The van der Waals surface area contributed by atoms with Gasteiger partial charge >= 0.3 is 0 Å². The predicted octanol–water partition coefficient (Wildman–Crippen LogP) is -1.80. The van der Waals surface area contributed by atoms with Crippen LogP contribution in [-0.4, -0.2) is 15.7 Å². The SMILES string of the molecule is [2H]c1cc(B)cc(B)c1. The Bertz CT molecular complexity index is 172. The molecule has 0 N–H and O–H groups in total. The van der Waals surface area contributed by atoms with Gasteiger partial charge in [-0.25, -0.2) is 0 Å². The summed E-state index contributed by atoms with van der Waals surface area (Å²) in [5, 5.41) is 0. The average molecular weight is 103 g/mol. The molecule has 0 atom stereocenters. The minimum absolute atomic E-state index is 0.604. The van der Waals surface area contributed by atoms with Crippen LogP contribution in [0.4, 0.5) is 0 Å². The van der Waals surface area contributed by atoms with E-state index in [4.69, 9.17) is 1.37 Å². The van der Waals surface area contributed by atoms with Crippen LogP contribution in [0.5, 0.6) is 0 Å². The van der Waals surface area contributed by atoms with Crippen LogP contribution in [0.15, 0.2) is 24.2 Å². The van der Waals surface area contributed by atoms with E-state index >= 15 is 0 Å². The second-order valence-electron chi connectivity index (χ2n) is 2.09. The van der Waals surface area contributed by atoms with Gasteiger partial charge in [0.1, 0.15) is 15.7 Å². The minimum atomic E-state index is 0.604. The summed E-state index contributed by atoms with van der Waals surface area (Å²) in [6.07, 6.45) is 0. The first-order valence-corrected chi connectivity index (χ1v) is 2.73. The van der Waals surface area contributed by atoms with E-state index in [1.54, 1.807) is 0 Å². The van der Waals surface area contributed by atoms with Gasteiger partial charge in [0.2, 0.25) is 0 Å². The zero-order valence-corrected chi connectivity index (χ0v) is 5.23. The normalized spacial score (nSPS) is 10.8. The maximum Gasteiger partial charge on any atom is 0.139 e. The van der Waals surface area contributed by atoms with Gasteiger partial charge in [-0.15, -0.1) is 0 Å². The van der Waals surface area contributed by atoms with E-state index in [1.807, 2.05) is 27.8 Å². The summed E-state index contributed by atoms with van der Waals surface area (Å²) < 4.78 is 7.28. The van der Waals surface area contributed by atoms with E-state index in [0.717, 1.165) is 0 Å². The Balaban J connectivity index is 3.17. The number of hydrogen-bond acceptors (Lipinski definition) is 0. The van der Waals surface area contributed by atoms with Crippen LogP contribution in [0.1, 0.15) is 1.37 Å². The monoisotopic (exact) mass is 103 g/mol. The van der Waals surface area contributed by atoms with Crippen molar-refractivity contribution in [3.8, 4) is 0 Å². The highest BCUT2D eigenvalue weighted by Crippen LogP contribution is 1.73. The molecule has 1 aromatic rings. The van der Waals surface area contributed by atoms with Crippen LogP contribution in [0.25, 0.3) is 0 Å². The smallest absolute Gasteiger partial charge is 0.0895 e. The molecule has 8 heavy (non-hydrogen) atoms. The number of hydrogen-bond donors (Lipinski definition) is 0. The van der Waals surface area contributed by atoms with Gasteiger partial charge in [-0.3, -0.25) is 0 Å². The van der Waals surface area contributed by atoms with Crippen molar-refractivity contribution >= 4 is 26.6 Å². The molecule has 0 aliphatic rings. The molecule has 38 valence electrons. The Morgan fingerprint density at radius 1 is 1.25 bits per heavy atom. The van der Waals surface area contributed by atoms with Gasteiger partial charge in [0.25, 0.3) is 0 Å². The Kier molecular flexibility index (Phi) is 1.10. The molecule has 0 aliphatic heterocycles. The van der Waals surface area contributed by atoms with Gasteiger partial charge in [0.05, 0.1) is 1.37 Å². The number of rotatable bonds is 0. The van der Waals surface area contributed by atoms with Gasteiger partial charge < -0.3 is 0 Å². The fraction of sp³-hybridized carbons (Fsp3) is 0. The van der Waals surface area contributed by atoms with Crippen LogP contribution < -0.4 is 10.9 Å². The van der Waals surface area contributed by atoms with Crippen LogP contribution >= 0.6 is 0 Å². The van der Waals surface area contributed by atoms with Crippen molar-refractivity contribution < 1.29 is 1.37 Å². The summed E-state index contributed by atoms with van der Waals surface area (Å²) in [7, 11) is 4.01. The number of benzene rings is 1. The Morgan fingerprint density at radius 2 is 1.75 bits per heavy atom. The molecular weight excluding hydrogens is 93.7 g/mol. The lowest BCUT2D eigenvalue weighted by molar-refractivity contribution is 1.84. The second kappa shape index (κ2) is 2.08. The fourth-order valence-corrected chi connectivity index (χ4v) is 0.747. The van der Waals surface area contributed by atoms with Crippen molar-refractivity contribution in [3.05, 3.63) is 24.2 Å². The molecule has 0 unspecified atom stereocenters. The summed E-state index contributed by atoms with van der Waals surface area (Å²) >= 11 is 0. The van der Waals surface area contributed by atoms with Crippen molar-refractivity contribution in [3.63, 3.8) is 0 Å². The highest BCUT2D eigenvalue weighted by atomic mass is 13.8. The van der Waals surface area contributed by atoms with Crippen molar-refractivity contribution in [1.82, 2.24) is 0 Å². The van der Waals surface area contributed by atoms with E-state index in [0.29, 0.717) is 6.04 Å². The van der Waals surface area contributed by atoms with Crippen molar-refractivity contribution in [2.75, 3.05) is 0 Å². The lowest BCUT2D eigenvalue weighted by Crippen LogP contribution is -2.11. The third-order valence-electron chi connectivity index (χ3n) is 1.08. The van der Waals surface area contributed by atoms with Gasteiger partial charge in [-0.05, 0) is 0 Å². The lowest BCUT2D eigenvalue weighted by atomic mass is 9.88. The Hall–Kier alpha value is -0.650. The van der Waals surface area contributed by atoms with Crippen LogP contribution in [0.2, 0.25) is 0 Å². The molecule has 0 bridgehead atoms. The fourth-order valence-electron chi connectivity index (χ4n) is 0.747. The first kappa shape index (κ1) is 4.25. The molecule has 0 aromatic heterocycles. The molecule has 0 amide bonds. The van der Waals surface area contributed by atoms with Crippen LogP contribution in [0.3, 0.4) is 0 Å². The van der Waals surface area contributed by atoms with Crippen molar-refractivity contribution in [2.24, 2.45) is 0 Å². The molecule has 1 aromatic carbocycles. The molecule has 1 rings (SSSR count). The second-order valence-corrected chi connectivity index (χ2v) is 2.09. The zero-order valence-electron chi connectivity index (χ0n) is 6.23. The van der Waals surface area contributed by atoms with Gasteiger partial charge in [0.15, 0.2) is 0 Å². The summed E-state index contributed by atoms with van der Waals surface area (Å²) in [5.74, 6) is 0. The summed E-state index contributed by atoms with van der Waals surface area (Å²) in [4.78, 5) is 0. The molecule has 0 fully saturated rings. The quantitative estimate of drug-likeness (QED) is 0.340. The van der Waals surface area contributed by atoms with E-state index in [1.165, 1.54) is 10.9 Å². The van der Waals surface area contributed by atoms with Crippen molar-refractivity contribution in [2.45, 2.75) is 0 Å². The standard InChI is InChI=1S/C6H8B2/c7-5-2-1-3-6(8)4-5/h1-4H,7-8H2/i1D. The maximum atomic E-state index is 7.28. The lowest BCUT2D eigenvalue weighted by Gasteiger charge is -1.90. The van der Waals surface area contributed by atoms with Gasteiger partial charge in [-0.2, -0.15) is 0 Å². The topological polar surface area (TPSA) is 0 Å². The highest BCUT2D eigenvalue weighted by molar-refractivity contribution is 6.37. The molecule has 0 aliphatic carbocycles. The third kappa shape index (κ3) is 1.16. The molecule has 2 heteroatoms. The van der Waals surface area contributed by atoms with E-state index < -0.39 is 0 Å². The Morgan fingerprint density at radius 3 is 2.12 bits per heavy atom. The molecule has 0 radical (unpaired) electrons. The van der Waals surface area contributed by atoms with Crippen LogP contribution in [0, 0.1) is 0 Å². The van der Waals surface area contributed by atoms with E-state index in [9.17, 15) is 0 Å². The summed E-state index contributed by atoms with van der Waals surface area (Å²) in [5.41, 5.74) is 2.33. The highest BCUT2D eigenvalue weighted by Gasteiger charge is 1.81. The van der Waals surface area contributed by atoms with Gasteiger partial charge in [0, 0.05) is 0 Å². The summed E-state index contributed by atoms with van der Waals surface area (Å²) in [6.45, 7) is 0. The largest absolute Gasteiger partial charge is 0.139 e. The molecular formula is C6H8B2. The maximum absolute atomic E-state index is 7.28. The first-order chi connectivity index (χ1) is 4.18. The molecule has 0 nitrogen and oxygen atoms in total. The third-order valence-corrected chi connectivity index (χ3v) is 1.08. The van der Waals surface area contributed by atoms with Crippen molar-refractivity contribution in [1.29, 1.82) is 0 Å². The molecule has 0 heterocycles. The zero-order chi connectivity index (χ0) is 6.85. The van der Waals surface area contributed by atoms with E-state index in [2.05, 4.69) is 6.07 Å². The first-order valence-electron chi connectivity index (χ1n) is 3.23. The predicted molar refractivity (Wildman–Crippen MR) is 42.8 cm³/mol. The molecule has 0 saturated heterocycles. The van der Waals surface area contributed by atoms with Crippen LogP contribution in [-0.2, 0) is 0 Å². The van der Waals surface area contributed by atoms with Gasteiger partial charge in [-0.1, -0.05) is 35.2 Å². The Labute approximate surface area is 53.1 Å². The molecule has 0 saturated carbocycles. The average Bonchev–Trinajstić information content (AvgIpc) is 1.59. The molecule has 0 spiro atoms.